The topological polar surface area (TPSA) is 61.5 Å². The third-order valence-corrected chi connectivity index (χ3v) is 1.50. The summed E-state index contributed by atoms with van der Waals surface area (Å²) in [5.41, 5.74) is 5.51. The van der Waals surface area contributed by atoms with Crippen LogP contribution in [-0.2, 0) is 14.3 Å². The van der Waals surface area contributed by atoms with E-state index in [1.54, 1.807) is 19.1 Å². The Hall–Kier alpha value is -0.870. The van der Waals surface area contributed by atoms with E-state index in [4.69, 9.17) is 15.2 Å². The number of carbonyl (C=O) groups is 1. The summed E-state index contributed by atoms with van der Waals surface area (Å²) in [6, 6.07) is -0.0819. The lowest BCUT2D eigenvalue weighted by Crippen LogP contribution is -2.33. The summed E-state index contributed by atoms with van der Waals surface area (Å²) < 4.78 is 9.99. The molecule has 0 radical (unpaired) electrons. The summed E-state index contributed by atoms with van der Waals surface area (Å²) >= 11 is 0. The number of nitrogens with two attached hydrogens (primary N) is 1. The van der Waals surface area contributed by atoms with Gasteiger partial charge in [-0.2, -0.15) is 0 Å². The fraction of sp³-hybridized carbons (Fsp3) is 0.625. The van der Waals surface area contributed by atoms with Crippen LogP contribution in [0.3, 0.4) is 0 Å². The van der Waals surface area contributed by atoms with Crippen LogP contribution >= 0.6 is 0 Å². The normalized spacial score (nSPS) is 28.5. The van der Waals surface area contributed by atoms with Crippen molar-refractivity contribution in [2.75, 3.05) is 6.61 Å². The Morgan fingerprint density at radius 1 is 1.75 bits per heavy atom. The van der Waals surface area contributed by atoms with Crippen molar-refractivity contribution in [3.63, 3.8) is 0 Å². The van der Waals surface area contributed by atoms with Crippen LogP contribution in [0, 0.1) is 0 Å². The highest BCUT2D eigenvalue weighted by Gasteiger charge is 2.15. The van der Waals surface area contributed by atoms with Crippen LogP contribution in [0.25, 0.3) is 0 Å². The van der Waals surface area contributed by atoms with E-state index in [-0.39, 0.29) is 12.0 Å². The van der Waals surface area contributed by atoms with E-state index >= 15 is 0 Å². The lowest BCUT2D eigenvalue weighted by atomic mass is 10.2. The van der Waals surface area contributed by atoms with Gasteiger partial charge < -0.3 is 15.2 Å². The second-order valence-corrected chi connectivity index (χ2v) is 2.59. The summed E-state index contributed by atoms with van der Waals surface area (Å²) in [5.74, 6) is -0.264. The van der Waals surface area contributed by atoms with E-state index < -0.39 is 6.29 Å². The molecule has 0 spiro atoms. The van der Waals surface area contributed by atoms with E-state index in [0.717, 1.165) is 0 Å². The van der Waals surface area contributed by atoms with E-state index in [2.05, 4.69) is 0 Å². The van der Waals surface area contributed by atoms with Crippen molar-refractivity contribution in [1.82, 2.24) is 0 Å². The number of carbonyl (C=O) groups excluding carboxylic acids is 1. The lowest BCUT2D eigenvalue weighted by molar-refractivity contribution is -0.170. The molecule has 1 unspecified atom stereocenters. The van der Waals surface area contributed by atoms with Gasteiger partial charge in [0.1, 0.15) is 0 Å². The first kappa shape index (κ1) is 9.22. The molecule has 0 aliphatic carbocycles. The predicted molar refractivity (Wildman–Crippen MR) is 43.2 cm³/mol. The smallest absolute Gasteiger partial charge is 0.308 e. The molecule has 2 atom stereocenters. The van der Waals surface area contributed by atoms with Crippen LogP contribution in [0.5, 0.6) is 0 Å². The monoisotopic (exact) mass is 171 g/mol. The van der Waals surface area contributed by atoms with Crippen LogP contribution in [0.15, 0.2) is 12.2 Å². The maximum atomic E-state index is 10.8. The van der Waals surface area contributed by atoms with Gasteiger partial charge >= 0.3 is 5.97 Å². The SMILES string of the molecule is CCC(=O)OC1C=C[C@H](N)CO1. The van der Waals surface area contributed by atoms with Crippen molar-refractivity contribution in [2.24, 2.45) is 5.73 Å². The van der Waals surface area contributed by atoms with E-state index in [9.17, 15) is 4.79 Å². The Morgan fingerprint density at radius 2 is 2.50 bits per heavy atom. The number of hydrogen-bond donors (Lipinski definition) is 1. The maximum absolute atomic E-state index is 10.8. The van der Waals surface area contributed by atoms with Crippen LogP contribution in [0.2, 0.25) is 0 Å². The second-order valence-electron chi connectivity index (χ2n) is 2.59. The standard InChI is InChI=1S/C8H13NO3/c1-2-7(10)12-8-4-3-6(9)5-11-8/h3-4,6,8H,2,5,9H2,1H3/t6-,8?/m0/s1. The third kappa shape index (κ3) is 2.64. The molecule has 1 aliphatic heterocycles. The molecule has 2 N–H and O–H groups in total. The minimum atomic E-state index is -0.544. The molecule has 0 saturated heterocycles. The third-order valence-electron chi connectivity index (χ3n) is 1.50. The van der Waals surface area contributed by atoms with Crippen LogP contribution in [-0.4, -0.2) is 24.9 Å². The highest BCUT2D eigenvalue weighted by atomic mass is 16.7. The van der Waals surface area contributed by atoms with E-state index in [0.29, 0.717) is 13.0 Å². The molecule has 0 aromatic rings. The molecule has 12 heavy (non-hydrogen) atoms. The lowest BCUT2D eigenvalue weighted by Gasteiger charge is -2.20. The molecule has 0 saturated carbocycles. The zero-order valence-electron chi connectivity index (χ0n) is 7.03. The molecule has 0 fully saturated rings. The summed E-state index contributed by atoms with van der Waals surface area (Å²) in [4.78, 5) is 10.8. The summed E-state index contributed by atoms with van der Waals surface area (Å²) in [6.45, 7) is 2.14. The molecular weight excluding hydrogens is 158 g/mol. The Labute approximate surface area is 71.3 Å². The Balaban J connectivity index is 2.35. The van der Waals surface area contributed by atoms with Gasteiger partial charge in [-0.25, -0.2) is 0 Å². The van der Waals surface area contributed by atoms with Gasteiger partial charge in [0.05, 0.1) is 6.61 Å². The maximum Gasteiger partial charge on any atom is 0.308 e. The van der Waals surface area contributed by atoms with Crippen LogP contribution in [0.4, 0.5) is 0 Å². The zero-order valence-corrected chi connectivity index (χ0v) is 7.03. The molecule has 1 rings (SSSR count). The predicted octanol–water partition coefficient (Wildman–Crippen LogP) is 0.179. The minimum Gasteiger partial charge on any atom is -0.432 e. The summed E-state index contributed by atoms with van der Waals surface area (Å²) in [5, 5.41) is 0. The second kappa shape index (κ2) is 4.23. The van der Waals surface area contributed by atoms with Crippen LogP contribution < -0.4 is 5.73 Å². The fourth-order valence-corrected chi connectivity index (χ4v) is 0.837. The quantitative estimate of drug-likeness (QED) is 0.475. The largest absolute Gasteiger partial charge is 0.432 e. The van der Waals surface area contributed by atoms with Gasteiger partial charge in [-0.15, -0.1) is 0 Å². The van der Waals surface area contributed by atoms with Crippen LogP contribution in [0.1, 0.15) is 13.3 Å². The van der Waals surface area contributed by atoms with Crippen molar-refractivity contribution < 1.29 is 14.3 Å². The first-order valence-electron chi connectivity index (χ1n) is 3.97. The van der Waals surface area contributed by atoms with Gasteiger partial charge in [-0.3, -0.25) is 4.79 Å². The Kier molecular flexibility index (Phi) is 3.25. The number of ether oxygens (including phenoxy) is 2. The highest BCUT2D eigenvalue weighted by Crippen LogP contribution is 2.06. The van der Waals surface area contributed by atoms with Gasteiger partial charge in [0.2, 0.25) is 6.29 Å². The van der Waals surface area contributed by atoms with Crippen molar-refractivity contribution in [1.29, 1.82) is 0 Å². The van der Waals surface area contributed by atoms with Crippen molar-refractivity contribution in [3.8, 4) is 0 Å². The molecule has 0 aromatic carbocycles. The highest BCUT2D eigenvalue weighted by molar-refractivity contribution is 5.69. The molecule has 68 valence electrons. The molecule has 0 aromatic heterocycles. The van der Waals surface area contributed by atoms with E-state index in [1.807, 2.05) is 0 Å². The Morgan fingerprint density at radius 3 is 3.00 bits per heavy atom. The van der Waals surface area contributed by atoms with Gasteiger partial charge in [0, 0.05) is 12.5 Å². The first-order valence-corrected chi connectivity index (χ1v) is 3.97. The molecule has 1 heterocycles. The molecule has 4 nitrogen and oxygen atoms in total. The van der Waals surface area contributed by atoms with Gasteiger partial charge in [-0.1, -0.05) is 13.0 Å². The molecular formula is C8H13NO3. The summed E-state index contributed by atoms with van der Waals surface area (Å²) in [6.07, 6.45) is 3.25. The molecule has 1 aliphatic rings. The van der Waals surface area contributed by atoms with E-state index in [1.165, 1.54) is 0 Å². The van der Waals surface area contributed by atoms with Crippen molar-refractivity contribution in [3.05, 3.63) is 12.2 Å². The fourth-order valence-electron chi connectivity index (χ4n) is 0.837. The number of rotatable bonds is 2. The zero-order chi connectivity index (χ0) is 8.97. The number of hydrogen-bond acceptors (Lipinski definition) is 4. The van der Waals surface area contributed by atoms with Crippen molar-refractivity contribution in [2.45, 2.75) is 25.7 Å². The first-order chi connectivity index (χ1) is 5.72. The molecule has 0 amide bonds. The van der Waals surface area contributed by atoms with Gasteiger partial charge in [0.15, 0.2) is 0 Å². The van der Waals surface area contributed by atoms with Crippen molar-refractivity contribution >= 4 is 5.97 Å². The van der Waals surface area contributed by atoms with Gasteiger partial charge in [-0.05, 0) is 6.08 Å². The molecule has 4 heteroatoms. The molecule has 0 bridgehead atoms. The van der Waals surface area contributed by atoms with Gasteiger partial charge in [0.25, 0.3) is 0 Å². The minimum absolute atomic E-state index is 0.0819. The average molecular weight is 171 g/mol. The summed E-state index contributed by atoms with van der Waals surface area (Å²) in [7, 11) is 0. The average Bonchev–Trinajstić information content (AvgIpc) is 2.09. The Bertz CT molecular complexity index is 191. The number of esters is 1.